The lowest BCUT2D eigenvalue weighted by Crippen LogP contribution is -2.00. The second-order valence-corrected chi connectivity index (χ2v) is 7.96. The SMILES string of the molecule is Brc1ccc(-c2nc(-c3ccccc3)c(-c3ccccc3)n2-c2ccccc2)cc1. The topological polar surface area (TPSA) is 17.8 Å². The summed E-state index contributed by atoms with van der Waals surface area (Å²) in [6.45, 7) is 0. The van der Waals surface area contributed by atoms with Crippen molar-refractivity contribution in [3.05, 3.63) is 120 Å². The van der Waals surface area contributed by atoms with Gasteiger partial charge in [-0.3, -0.25) is 4.57 Å². The van der Waals surface area contributed by atoms with Gasteiger partial charge in [-0.25, -0.2) is 4.98 Å². The monoisotopic (exact) mass is 450 g/mol. The van der Waals surface area contributed by atoms with Crippen molar-refractivity contribution in [3.8, 4) is 39.6 Å². The normalized spacial score (nSPS) is 10.8. The van der Waals surface area contributed by atoms with Crippen LogP contribution in [0.1, 0.15) is 0 Å². The molecule has 0 atom stereocenters. The fourth-order valence-electron chi connectivity index (χ4n) is 3.70. The van der Waals surface area contributed by atoms with Gasteiger partial charge in [-0.05, 0) is 24.3 Å². The van der Waals surface area contributed by atoms with Gasteiger partial charge in [-0.15, -0.1) is 0 Å². The zero-order valence-corrected chi connectivity index (χ0v) is 17.8. The van der Waals surface area contributed by atoms with E-state index in [1.165, 1.54) is 0 Å². The second kappa shape index (κ2) is 8.13. The Hall–Kier alpha value is -3.43. The molecule has 2 nitrogen and oxygen atoms in total. The van der Waals surface area contributed by atoms with E-state index in [2.05, 4.69) is 118 Å². The lowest BCUT2D eigenvalue weighted by atomic mass is 10.0. The van der Waals surface area contributed by atoms with Gasteiger partial charge in [-0.2, -0.15) is 0 Å². The summed E-state index contributed by atoms with van der Waals surface area (Å²) in [6, 6.07) is 39.7. The van der Waals surface area contributed by atoms with Crippen LogP contribution in [0, 0.1) is 0 Å². The number of aromatic nitrogens is 2. The van der Waals surface area contributed by atoms with Gasteiger partial charge in [0.1, 0.15) is 5.82 Å². The summed E-state index contributed by atoms with van der Waals surface area (Å²) in [5.74, 6) is 0.923. The number of rotatable bonds is 4. The van der Waals surface area contributed by atoms with E-state index in [1.54, 1.807) is 0 Å². The van der Waals surface area contributed by atoms with E-state index in [0.717, 1.165) is 44.1 Å². The van der Waals surface area contributed by atoms with Crippen LogP contribution in [0.15, 0.2) is 120 Å². The molecule has 0 aliphatic carbocycles. The summed E-state index contributed by atoms with van der Waals surface area (Å²) < 4.78 is 3.32. The Balaban J connectivity index is 1.88. The van der Waals surface area contributed by atoms with Crippen LogP contribution in [0.3, 0.4) is 0 Å². The molecule has 0 saturated carbocycles. The summed E-state index contributed by atoms with van der Waals surface area (Å²) in [4.78, 5) is 5.18. The van der Waals surface area contributed by atoms with E-state index in [4.69, 9.17) is 4.98 Å². The minimum atomic E-state index is 0.923. The van der Waals surface area contributed by atoms with Gasteiger partial charge in [-0.1, -0.05) is 107 Å². The fourth-order valence-corrected chi connectivity index (χ4v) is 3.97. The van der Waals surface area contributed by atoms with E-state index >= 15 is 0 Å². The van der Waals surface area contributed by atoms with Gasteiger partial charge < -0.3 is 0 Å². The molecule has 0 spiro atoms. The molecule has 5 aromatic rings. The molecular formula is C27H19BrN2. The molecule has 0 fully saturated rings. The van der Waals surface area contributed by atoms with Crippen molar-refractivity contribution < 1.29 is 0 Å². The largest absolute Gasteiger partial charge is 0.292 e. The lowest BCUT2D eigenvalue weighted by Gasteiger charge is -2.13. The third kappa shape index (κ3) is 3.49. The smallest absolute Gasteiger partial charge is 0.145 e. The van der Waals surface area contributed by atoms with E-state index in [9.17, 15) is 0 Å². The van der Waals surface area contributed by atoms with Gasteiger partial charge in [0.15, 0.2) is 0 Å². The summed E-state index contributed by atoms with van der Waals surface area (Å²) in [5.41, 5.74) is 6.46. The average Bonchev–Trinajstić information content (AvgIpc) is 3.22. The first-order chi connectivity index (χ1) is 14.8. The molecule has 3 heteroatoms. The number of nitrogens with zero attached hydrogens (tertiary/aromatic N) is 2. The Labute approximate surface area is 184 Å². The third-order valence-electron chi connectivity index (χ3n) is 5.09. The highest BCUT2D eigenvalue weighted by Crippen LogP contribution is 2.38. The van der Waals surface area contributed by atoms with Crippen LogP contribution in [0.4, 0.5) is 0 Å². The molecule has 0 radical (unpaired) electrons. The van der Waals surface area contributed by atoms with Crippen LogP contribution in [0.25, 0.3) is 39.6 Å². The third-order valence-corrected chi connectivity index (χ3v) is 5.62. The van der Waals surface area contributed by atoms with E-state index in [1.807, 2.05) is 18.2 Å². The molecule has 0 saturated heterocycles. The highest BCUT2D eigenvalue weighted by molar-refractivity contribution is 9.10. The Morgan fingerprint density at radius 3 is 1.67 bits per heavy atom. The van der Waals surface area contributed by atoms with Crippen LogP contribution in [-0.4, -0.2) is 9.55 Å². The molecule has 0 aliphatic heterocycles. The van der Waals surface area contributed by atoms with Crippen molar-refractivity contribution in [1.82, 2.24) is 9.55 Å². The van der Waals surface area contributed by atoms with Crippen molar-refractivity contribution in [2.75, 3.05) is 0 Å². The summed E-state index contributed by atoms with van der Waals surface area (Å²) in [5, 5.41) is 0. The molecule has 0 N–H and O–H groups in total. The van der Waals surface area contributed by atoms with Crippen molar-refractivity contribution in [1.29, 1.82) is 0 Å². The molecule has 144 valence electrons. The van der Waals surface area contributed by atoms with Crippen LogP contribution in [-0.2, 0) is 0 Å². The first-order valence-electron chi connectivity index (χ1n) is 9.86. The average molecular weight is 451 g/mol. The lowest BCUT2D eigenvalue weighted by molar-refractivity contribution is 1.07. The molecule has 0 amide bonds. The Morgan fingerprint density at radius 2 is 1.07 bits per heavy atom. The summed E-state index contributed by atoms with van der Waals surface area (Å²) in [7, 11) is 0. The van der Waals surface area contributed by atoms with E-state index in [-0.39, 0.29) is 0 Å². The predicted molar refractivity (Wildman–Crippen MR) is 128 cm³/mol. The molecule has 5 rings (SSSR count). The number of halogens is 1. The van der Waals surface area contributed by atoms with Crippen LogP contribution < -0.4 is 0 Å². The van der Waals surface area contributed by atoms with Gasteiger partial charge in [0, 0.05) is 26.9 Å². The molecule has 4 aromatic carbocycles. The minimum absolute atomic E-state index is 0.923. The zero-order chi connectivity index (χ0) is 20.3. The molecule has 0 aliphatic rings. The van der Waals surface area contributed by atoms with Crippen molar-refractivity contribution in [3.63, 3.8) is 0 Å². The minimum Gasteiger partial charge on any atom is -0.292 e. The quantitative estimate of drug-likeness (QED) is 0.275. The highest BCUT2D eigenvalue weighted by Gasteiger charge is 2.22. The molecule has 1 aromatic heterocycles. The van der Waals surface area contributed by atoms with Crippen molar-refractivity contribution in [2.45, 2.75) is 0 Å². The number of imidazole rings is 1. The van der Waals surface area contributed by atoms with Crippen LogP contribution >= 0.6 is 15.9 Å². The van der Waals surface area contributed by atoms with Gasteiger partial charge in [0.05, 0.1) is 11.4 Å². The molecule has 0 bridgehead atoms. The number of benzene rings is 4. The second-order valence-electron chi connectivity index (χ2n) is 7.04. The maximum atomic E-state index is 5.18. The maximum absolute atomic E-state index is 5.18. The van der Waals surface area contributed by atoms with Gasteiger partial charge in [0.2, 0.25) is 0 Å². The zero-order valence-electron chi connectivity index (χ0n) is 16.2. The number of hydrogen-bond acceptors (Lipinski definition) is 1. The Morgan fingerprint density at radius 1 is 0.533 bits per heavy atom. The number of hydrogen-bond donors (Lipinski definition) is 0. The fraction of sp³-hybridized carbons (Fsp3) is 0. The van der Waals surface area contributed by atoms with Gasteiger partial charge >= 0.3 is 0 Å². The first-order valence-corrected chi connectivity index (χ1v) is 10.7. The number of para-hydroxylation sites is 1. The molecule has 30 heavy (non-hydrogen) atoms. The van der Waals surface area contributed by atoms with Crippen molar-refractivity contribution in [2.24, 2.45) is 0 Å². The Bertz CT molecular complexity index is 1260. The van der Waals surface area contributed by atoms with E-state index in [0.29, 0.717) is 0 Å². The summed E-state index contributed by atoms with van der Waals surface area (Å²) >= 11 is 3.55. The van der Waals surface area contributed by atoms with E-state index < -0.39 is 0 Å². The molecular weight excluding hydrogens is 432 g/mol. The highest BCUT2D eigenvalue weighted by atomic mass is 79.9. The Kier molecular flexibility index (Phi) is 5.04. The standard InChI is InChI=1S/C27H19BrN2/c28-23-18-16-22(17-19-23)27-29-25(20-10-4-1-5-11-20)26(21-12-6-2-7-13-21)30(27)24-14-8-3-9-15-24/h1-19H. The summed E-state index contributed by atoms with van der Waals surface area (Å²) in [6.07, 6.45) is 0. The van der Waals surface area contributed by atoms with Crippen LogP contribution in [0.2, 0.25) is 0 Å². The van der Waals surface area contributed by atoms with Gasteiger partial charge in [0.25, 0.3) is 0 Å². The maximum Gasteiger partial charge on any atom is 0.145 e. The first kappa shape index (κ1) is 18.6. The molecule has 1 heterocycles. The predicted octanol–water partition coefficient (Wildman–Crippen LogP) is 7.64. The van der Waals surface area contributed by atoms with Crippen molar-refractivity contribution >= 4 is 15.9 Å². The van der Waals surface area contributed by atoms with Crippen LogP contribution in [0.5, 0.6) is 0 Å². The molecule has 0 unspecified atom stereocenters.